The fourth-order valence-electron chi connectivity index (χ4n) is 0. The van der Waals surface area contributed by atoms with Crippen molar-refractivity contribution >= 4 is 20.6 Å². The van der Waals surface area contributed by atoms with Crippen LogP contribution < -0.4 is 5.40 Å². The molecule has 3 heteroatoms. The van der Waals surface area contributed by atoms with Gasteiger partial charge in [0.2, 0.25) is 0 Å². The molecule has 6 heavy (non-hydrogen) atoms. The van der Waals surface area contributed by atoms with Gasteiger partial charge >= 0.3 is 0 Å². The normalized spacial score (nSPS) is 10.0. The summed E-state index contributed by atoms with van der Waals surface area (Å²) >= 11 is 0. The van der Waals surface area contributed by atoms with Crippen LogP contribution in [-0.4, -0.2) is 8.24 Å². The number of rotatable bonds is 0. The van der Waals surface area contributed by atoms with E-state index in [1.807, 2.05) is 0 Å². The molecule has 0 fully saturated rings. The van der Waals surface area contributed by atoms with E-state index in [1.54, 1.807) is 0 Å². The van der Waals surface area contributed by atoms with Gasteiger partial charge in [-0.2, -0.15) is 0 Å². The van der Waals surface area contributed by atoms with Crippen molar-refractivity contribution in [2.75, 3.05) is 0 Å². The van der Waals surface area contributed by atoms with Crippen LogP contribution >= 0.6 is 12.4 Å². The van der Waals surface area contributed by atoms with Crippen molar-refractivity contribution in [1.29, 1.82) is 0 Å². The van der Waals surface area contributed by atoms with Gasteiger partial charge in [0.05, 0.1) is 0 Å². The van der Waals surface area contributed by atoms with Crippen LogP contribution in [0.2, 0.25) is 19.6 Å². The summed E-state index contributed by atoms with van der Waals surface area (Å²) in [5.41, 5.74) is 0. The molecule has 0 aromatic carbocycles. The van der Waals surface area contributed by atoms with Crippen LogP contribution in [0.1, 0.15) is 0 Å². The van der Waals surface area contributed by atoms with E-state index in [1.165, 1.54) is 0 Å². The molecule has 0 saturated carbocycles. The topological polar surface area (TPSA) is 26.0 Å². The van der Waals surface area contributed by atoms with Crippen LogP contribution in [0.15, 0.2) is 0 Å². The Labute approximate surface area is 46.4 Å². The monoisotopic (exact) mass is 125 g/mol. The smallest absolute Gasteiger partial charge is 0.113 e. The molecular weight excluding hydrogens is 114 g/mol. The summed E-state index contributed by atoms with van der Waals surface area (Å²) in [5.74, 6) is 0. The van der Waals surface area contributed by atoms with Crippen molar-refractivity contribution in [2.45, 2.75) is 19.6 Å². The molecule has 0 saturated heterocycles. The Morgan fingerprint density at radius 2 is 1.17 bits per heavy atom. The van der Waals surface area contributed by atoms with Gasteiger partial charge < -0.3 is 5.40 Å². The zero-order valence-corrected chi connectivity index (χ0v) is 6.30. The van der Waals surface area contributed by atoms with Gasteiger partial charge in [-0.25, -0.2) is 0 Å². The zero-order chi connectivity index (χ0) is 4.50. The molecule has 1 nitrogen and oxygen atoms in total. The third-order valence-corrected chi connectivity index (χ3v) is 0. The third kappa shape index (κ3) is 246. The van der Waals surface area contributed by atoms with Crippen LogP contribution in [0.25, 0.3) is 0 Å². The van der Waals surface area contributed by atoms with E-state index in [4.69, 9.17) is 5.40 Å². The molecule has 2 N–H and O–H groups in total. The van der Waals surface area contributed by atoms with E-state index in [2.05, 4.69) is 19.6 Å². The van der Waals surface area contributed by atoms with E-state index < -0.39 is 8.24 Å². The van der Waals surface area contributed by atoms with Gasteiger partial charge in [-0.05, 0) is 0 Å². The zero-order valence-electron chi connectivity index (χ0n) is 4.49. The molecule has 0 aliphatic carbocycles. The second-order valence-corrected chi connectivity index (χ2v) is 7.10. The predicted molar refractivity (Wildman–Crippen MR) is 34.8 cm³/mol. The van der Waals surface area contributed by atoms with Gasteiger partial charge in [0.25, 0.3) is 0 Å². The fraction of sp³-hybridized carbons (Fsp3) is 1.00. The van der Waals surface area contributed by atoms with Crippen LogP contribution in [0.3, 0.4) is 0 Å². The lowest BCUT2D eigenvalue weighted by Gasteiger charge is -2.02. The standard InChI is InChI=1S/C3H11NSi.ClH/c1-5(2,3)4;/h4H2,1-3H3;1H. The minimum atomic E-state index is -1.11. The predicted octanol–water partition coefficient (Wildman–Crippen LogP) is 1.20. The Morgan fingerprint density at radius 3 is 1.17 bits per heavy atom. The first kappa shape index (κ1) is 9.69. The van der Waals surface area contributed by atoms with E-state index >= 15 is 0 Å². The van der Waals surface area contributed by atoms with Gasteiger partial charge in [0, 0.05) is 0 Å². The van der Waals surface area contributed by atoms with Crippen LogP contribution in [0.4, 0.5) is 0 Å². The van der Waals surface area contributed by atoms with Crippen molar-refractivity contribution < 1.29 is 0 Å². The molecule has 0 atom stereocenters. The van der Waals surface area contributed by atoms with Crippen molar-refractivity contribution in [3.8, 4) is 0 Å². The highest BCUT2D eigenvalue weighted by atomic mass is 35.5. The van der Waals surface area contributed by atoms with Crippen molar-refractivity contribution in [1.82, 2.24) is 0 Å². The Kier molecular flexibility index (Phi) is 4.21. The first-order valence-corrected chi connectivity index (χ1v) is 5.37. The summed E-state index contributed by atoms with van der Waals surface area (Å²) in [6.07, 6.45) is 0. The van der Waals surface area contributed by atoms with E-state index in [0.717, 1.165) is 0 Å². The van der Waals surface area contributed by atoms with Gasteiger partial charge in [-0.15, -0.1) is 12.4 Å². The lowest BCUT2D eigenvalue weighted by atomic mass is 11.8. The minimum Gasteiger partial charge on any atom is -0.351 e. The molecular formula is C3H12ClNSi. The van der Waals surface area contributed by atoms with E-state index in [9.17, 15) is 0 Å². The molecule has 0 heterocycles. The molecule has 0 aromatic heterocycles. The third-order valence-electron chi connectivity index (χ3n) is 0. The summed E-state index contributed by atoms with van der Waals surface area (Å²) in [6.45, 7) is 6.31. The highest BCUT2D eigenvalue weighted by Gasteiger charge is 2.00. The summed E-state index contributed by atoms with van der Waals surface area (Å²) in [6, 6.07) is 0. The maximum atomic E-state index is 5.49. The highest BCUT2D eigenvalue weighted by molar-refractivity contribution is 6.72. The molecule has 0 amide bonds. The van der Waals surface area contributed by atoms with Gasteiger partial charge in [-0.1, -0.05) is 19.6 Å². The Morgan fingerprint density at radius 1 is 1.17 bits per heavy atom. The van der Waals surface area contributed by atoms with Gasteiger partial charge in [-0.3, -0.25) is 0 Å². The molecule has 0 spiro atoms. The lowest BCUT2D eigenvalue weighted by Crippen LogP contribution is -2.32. The molecule has 0 radical (unpaired) electrons. The average Bonchev–Trinajstić information content (AvgIpc) is 0.722. The van der Waals surface area contributed by atoms with E-state index in [-0.39, 0.29) is 12.4 Å². The van der Waals surface area contributed by atoms with Crippen LogP contribution in [0.5, 0.6) is 0 Å². The van der Waals surface area contributed by atoms with Crippen molar-refractivity contribution in [3.05, 3.63) is 0 Å². The summed E-state index contributed by atoms with van der Waals surface area (Å²) in [5, 5.41) is 5.49. The average molecular weight is 126 g/mol. The number of hydrogen-bond donors (Lipinski definition) is 1. The maximum absolute atomic E-state index is 5.49. The van der Waals surface area contributed by atoms with Gasteiger partial charge in [0.15, 0.2) is 0 Å². The molecule has 0 aromatic rings. The molecule has 0 aliphatic heterocycles. The number of hydrogen-bond acceptors (Lipinski definition) is 1. The Balaban J connectivity index is 0. The molecule has 0 bridgehead atoms. The molecule has 40 valence electrons. The molecule has 0 unspecified atom stereocenters. The van der Waals surface area contributed by atoms with Crippen molar-refractivity contribution in [3.63, 3.8) is 0 Å². The lowest BCUT2D eigenvalue weighted by molar-refractivity contribution is 1.58. The summed E-state index contributed by atoms with van der Waals surface area (Å²) < 4.78 is 0. The SMILES string of the molecule is C[Si](C)(C)N.Cl. The molecule has 0 aliphatic rings. The first-order valence-electron chi connectivity index (χ1n) is 1.79. The van der Waals surface area contributed by atoms with Crippen LogP contribution in [-0.2, 0) is 0 Å². The van der Waals surface area contributed by atoms with E-state index in [0.29, 0.717) is 0 Å². The fourth-order valence-corrected chi connectivity index (χ4v) is 0. The maximum Gasteiger partial charge on any atom is 0.113 e. The van der Waals surface area contributed by atoms with Gasteiger partial charge in [0.1, 0.15) is 8.24 Å². The first-order chi connectivity index (χ1) is 2.00. The Hall–Kier alpha value is 0.467. The quantitative estimate of drug-likeness (QED) is 0.484. The highest BCUT2D eigenvalue weighted by Crippen LogP contribution is 1.83. The summed E-state index contributed by atoms with van der Waals surface area (Å²) in [7, 11) is -1.11. The second kappa shape index (κ2) is 2.61. The summed E-state index contributed by atoms with van der Waals surface area (Å²) in [4.78, 5) is 0. The van der Waals surface area contributed by atoms with Crippen LogP contribution in [0, 0.1) is 0 Å². The molecule has 0 rings (SSSR count). The number of nitrogens with two attached hydrogens (primary N) is 1. The Bertz CT molecular complexity index is 26.3. The largest absolute Gasteiger partial charge is 0.351 e. The van der Waals surface area contributed by atoms with Crippen molar-refractivity contribution in [2.24, 2.45) is 5.40 Å². The second-order valence-electron chi connectivity index (χ2n) is 2.37. The minimum absolute atomic E-state index is 0. The number of halogens is 1.